The molecule has 0 radical (unpaired) electrons. The fourth-order valence-electron chi connectivity index (χ4n) is 2.30. The van der Waals surface area contributed by atoms with E-state index in [4.69, 9.17) is 0 Å². The lowest BCUT2D eigenvalue weighted by Gasteiger charge is -2.41. The van der Waals surface area contributed by atoms with Crippen molar-refractivity contribution in [3.05, 3.63) is 23.8 Å². The Balaban J connectivity index is 2.50. The van der Waals surface area contributed by atoms with Crippen LogP contribution in [0.2, 0.25) is 0 Å². The molecule has 1 aliphatic heterocycles. The quantitative estimate of drug-likeness (QED) is 0.704. The number of benzene rings is 1. The number of aryl methyl sites for hydroxylation is 1. The van der Waals surface area contributed by atoms with Crippen LogP contribution in [-0.4, -0.2) is 17.2 Å². The lowest BCUT2D eigenvalue weighted by molar-refractivity contribution is 0.443. The summed E-state index contributed by atoms with van der Waals surface area (Å²) in [6.45, 7) is 7.60. The van der Waals surface area contributed by atoms with Gasteiger partial charge in [-0.25, -0.2) is 0 Å². The Kier molecular flexibility index (Phi) is 2.37. The van der Waals surface area contributed by atoms with Crippen LogP contribution < -0.4 is 4.90 Å². The summed E-state index contributed by atoms with van der Waals surface area (Å²) in [6.07, 6.45) is 2.25. The van der Waals surface area contributed by atoms with E-state index in [2.05, 4.69) is 31.7 Å². The van der Waals surface area contributed by atoms with Gasteiger partial charge in [0, 0.05) is 12.1 Å². The number of rotatable bonds is 0. The van der Waals surface area contributed by atoms with Crippen LogP contribution in [0.25, 0.3) is 0 Å². The molecule has 0 aromatic heterocycles. The molecular formula is C13H19NO. The first-order valence-electron chi connectivity index (χ1n) is 5.58. The zero-order valence-corrected chi connectivity index (χ0v) is 9.75. The smallest absolute Gasteiger partial charge is 0.139 e. The molecule has 0 fully saturated rings. The summed E-state index contributed by atoms with van der Waals surface area (Å²) in [6, 6.07) is 5.83. The third-order valence-corrected chi connectivity index (χ3v) is 3.01. The summed E-state index contributed by atoms with van der Waals surface area (Å²) >= 11 is 0. The van der Waals surface area contributed by atoms with Crippen LogP contribution in [0.15, 0.2) is 18.2 Å². The molecule has 15 heavy (non-hydrogen) atoms. The largest absolute Gasteiger partial charge is 0.506 e. The van der Waals surface area contributed by atoms with E-state index in [1.54, 1.807) is 6.07 Å². The first kappa shape index (κ1) is 10.3. The Hall–Kier alpha value is -1.18. The second-order valence-electron chi connectivity index (χ2n) is 5.21. The fourth-order valence-corrected chi connectivity index (χ4v) is 2.30. The lowest BCUT2D eigenvalue weighted by atomic mass is 9.95. The standard InChI is InChI=1S/C13H19NO/c1-13(2,3)14-9-5-7-10-6-4-8-11(15)12(10)14/h4,6,8,15H,5,7,9H2,1-3H3. The topological polar surface area (TPSA) is 23.5 Å². The molecule has 0 spiro atoms. The van der Waals surface area contributed by atoms with Crippen molar-refractivity contribution in [2.75, 3.05) is 11.4 Å². The molecule has 82 valence electrons. The highest BCUT2D eigenvalue weighted by atomic mass is 16.3. The predicted octanol–water partition coefficient (Wildman–Crippen LogP) is 2.94. The number of phenolic OH excluding ortho intramolecular Hbond substituents is 1. The van der Waals surface area contributed by atoms with Crippen molar-refractivity contribution >= 4 is 5.69 Å². The Morgan fingerprint density at radius 2 is 2.00 bits per heavy atom. The molecule has 2 rings (SSSR count). The SMILES string of the molecule is CC(C)(C)N1CCCc2cccc(O)c21. The van der Waals surface area contributed by atoms with Gasteiger partial charge in [-0.15, -0.1) is 0 Å². The highest BCUT2D eigenvalue weighted by Gasteiger charge is 2.28. The third kappa shape index (κ3) is 1.81. The monoisotopic (exact) mass is 205 g/mol. The van der Waals surface area contributed by atoms with Gasteiger partial charge in [0.25, 0.3) is 0 Å². The van der Waals surface area contributed by atoms with E-state index in [1.165, 1.54) is 12.0 Å². The number of nitrogens with zero attached hydrogens (tertiary/aromatic N) is 1. The molecule has 1 aliphatic rings. The molecule has 0 aliphatic carbocycles. The summed E-state index contributed by atoms with van der Waals surface area (Å²) in [7, 11) is 0. The molecular weight excluding hydrogens is 186 g/mol. The number of para-hydroxylation sites is 1. The molecule has 0 saturated carbocycles. The molecule has 1 aromatic rings. The molecule has 0 amide bonds. The van der Waals surface area contributed by atoms with Gasteiger partial charge in [-0.05, 0) is 45.2 Å². The maximum atomic E-state index is 9.95. The van der Waals surface area contributed by atoms with E-state index in [9.17, 15) is 5.11 Å². The average Bonchev–Trinajstić information content (AvgIpc) is 2.16. The second kappa shape index (κ2) is 3.44. The number of anilines is 1. The van der Waals surface area contributed by atoms with Crippen LogP contribution in [-0.2, 0) is 6.42 Å². The number of phenols is 1. The molecule has 0 saturated heterocycles. The van der Waals surface area contributed by atoms with E-state index in [0.717, 1.165) is 18.7 Å². The zero-order valence-electron chi connectivity index (χ0n) is 9.75. The molecule has 0 atom stereocenters. The van der Waals surface area contributed by atoms with E-state index in [1.807, 2.05) is 6.07 Å². The second-order valence-corrected chi connectivity index (χ2v) is 5.21. The van der Waals surface area contributed by atoms with Gasteiger partial charge in [0.2, 0.25) is 0 Å². The summed E-state index contributed by atoms with van der Waals surface area (Å²) in [4.78, 5) is 2.31. The third-order valence-electron chi connectivity index (χ3n) is 3.01. The van der Waals surface area contributed by atoms with Crippen LogP contribution in [0.1, 0.15) is 32.8 Å². The highest BCUT2D eigenvalue weighted by Crippen LogP contribution is 2.38. The minimum Gasteiger partial charge on any atom is -0.506 e. The first-order valence-corrected chi connectivity index (χ1v) is 5.58. The van der Waals surface area contributed by atoms with Crippen molar-refractivity contribution < 1.29 is 5.11 Å². The Morgan fingerprint density at radius 3 is 2.67 bits per heavy atom. The van der Waals surface area contributed by atoms with Gasteiger partial charge in [-0.3, -0.25) is 0 Å². The van der Waals surface area contributed by atoms with Crippen LogP contribution in [0.3, 0.4) is 0 Å². The van der Waals surface area contributed by atoms with E-state index in [-0.39, 0.29) is 5.54 Å². The van der Waals surface area contributed by atoms with E-state index >= 15 is 0 Å². The number of fused-ring (bicyclic) bond motifs is 1. The van der Waals surface area contributed by atoms with Gasteiger partial charge >= 0.3 is 0 Å². The fraction of sp³-hybridized carbons (Fsp3) is 0.538. The minimum absolute atomic E-state index is 0.0774. The van der Waals surface area contributed by atoms with Crippen molar-refractivity contribution in [2.45, 2.75) is 39.2 Å². The number of hydrogen-bond donors (Lipinski definition) is 1. The lowest BCUT2D eigenvalue weighted by Crippen LogP contribution is -2.44. The number of aromatic hydroxyl groups is 1. The van der Waals surface area contributed by atoms with Gasteiger partial charge in [0.05, 0.1) is 5.69 Å². The summed E-state index contributed by atoms with van der Waals surface area (Å²) in [5.74, 6) is 0.419. The maximum Gasteiger partial charge on any atom is 0.139 e. The van der Waals surface area contributed by atoms with Crippen LogP contribution in [0.4, 0.5) is 5.69 Å². The van der Waals surface area contributed by atoms with Crippen molar-refractivity contribution in [3.63, 3.8) is 0 Å². The van der Waals surface area contributed by atoms with Crippen molar-refractivity contribution in [3.8, 4) is 5.75 Å². The molecule has 1 aromatic carbocycles. The van der Waals surface area contributed by atoms with Crippen LogP contribution in [0.5, 0.6) is 5.75 Å². The van der Waals surface area contributed by atoms with Crippen molar-refractivity contribution in [2.24, 2.45) is 0 Å². The first-order chi connectivity index (χ1) is 7.00. The van der Waals surface area contributed by atoms with E-state index in [0.29, 0.717) is 5.75 Å². The van der Waals surface area contributed by atoms with Crippen LogP contribution in [0, 0.1) is 0 Å². The minimum atomic E-state index is 0.0774. The highest BCUT2D eigenvalue weighted by molar-refractivity contribution is 5.65. The van der Waals surface area contributed by atoms with Gasteiger partial charge in [-0.1, -0.05) is 12.1 Å². The van der Waals surface area contributed by atoms with Crippen molar-refractivity contribution in [1.82, 2.24) is 0 Å². The molecule has 2 heteroatoms. The molecule has 0 bridgehead atoms. The van der Waals surface area contributed by atoms with Crippen molar-refractivity contribution in [1.29, 1.82) is 0 Å². The van der Waals surface area contributed by atoms with Gasteiger partial charge in [0.1, 0.15) is 5.75 Å². The maximum absolute atomic E-state index is 9.95. The molecule has 2 nitrogen and oxygen atoms in total. The summed E-state index contributed by atoms with van der Waals surface area (Å²) in [5, 5.41) is 9.95. The summed E-state index contributed by atoms with van der Waals surface area (Å²) < 4.78 is 0. The molecule has 1 N–H and O–H groups in total. The number of hydrogen-bond acceptors (Lipinski definition) is 2. The summed E-state index contributed by atoms with van der Waals surface area (Å²) in [5.41, 5.74) is 2.39. The Morgan fingerprint density at radius 1 is 1.27 bits per heavy atom. The van der Waals surface area contributed by atoms with Gasteiger partial charge in [0.15, 0.2) is 0 Å². The Bertz CT molecular complexity index is 365. The Labute approximate surface area is 91.5 Å². The van der Waals surface area contributed by atoms with E-state index < -0.39 is 0 Å². The molecule has 0 unspecified atom stereocenters. The van der Waals surface area contributed by atoms with Crippen LogP contribution >= 0.6 is 0 Å². The zero-order chi connectivity index (χ0) is 11.1. The molecule has 1 heterocycles. The van der Waals surface area contributed by atoms with Gasteiger partial charge < -0.3 is 10.0 Å². The normalized spacial score (nSPS) is 16.3. The predicted molar refractivity (Wildman–Crippen MR) is 63.5 cm³/mol. The average molecular weight is 205 g/mol. The van der Waals surface area contributed by atoms with Gasteiger partial charge in [-0.2, -0.15) is 0 Å².